The van der Waals surface area contributed by atoms with Crippen molar-refractivity contribution < 1.29 is 9.53 Å². The lowest BCUT2D eigenvalue weighted by Gasteiger charge is -2.31. The van der Waals surface area contributed by atoms with Gasteiger partial charge in [-0.25, -0.2) is 4.98 Å². The van der Waals surface area contributed by atoms with Gasteiger partial charge in [0.2, 0.25) is 0 Å². The topological polar surface area (TPSA) is 46.8 Å². The van der Waals surface area contributed by atoms with Gasteiger partial charge >= 0.3 is 5.97 Å². The van der Waals surface area contributed by atoms with Crippen LogP contribution in [0.15, 0.2) is 78.9 Å². The average Bonchev–Trinajstić information content (AvgIpc) is 3.18. The van der Waals surface area contributed by atoms with Gasteiger partial charge in [-0.15, -0.1) is 0 Å². The first-order chi connectivity index (χ1) is 14.8. The molecule has 0 atom stereocenters. The first kappa shape index (κ1) is 18.2. The SMILES string of the molecule is CCOC(=O)CN1C(c2ccccc2)=Cc2cccc3nc(-c4ccccc4)c1n23. The molecule has 1 aliphatic heterocycles. The van der Waals surface area contributed by atoms with Crippen molar-refractivity contribution in [2.75, 3.05) is 18.1 Å². The summed E-state index contributed by atoms with van der Waals surface area (Å²) < 4.78 is 7.40. The summed E-state index contributed by atoms with van der Waals surface area (Å²) in [6.45, 7) is 2.28. The number of aromatic nitrogens is 2. The second kappa shape index (κ2) is 7.52. The van der Waals surface area contributed by atoms with Crippen molar-refractivity contribution in [1.29, 1.82) is 0 Å². The number of hydrogen-bond acceptors (Lipinski definition) is 4. The van der Waals surface area contributed by atoms with Crippen LogP contribution in [0.4, 0.5) is 5.82 Å². The molecule has 0 spiro atoms. The molecule has 0 fully saturated rings. The molecule has 2 aromatic heterocycles. The summed E-state index contributed by atoms with van der Waals surface area (Å²) in [7, 11) is 0. The molecule has 0 bridgehead atoms. The zero-order valence-corrected chi connectivity index (χ0v) is 16.7. The monoisotopic (exact) mass is 395 g/mol. The van der Waals surface area contributed by atoms with E-state index in [0.717, 1.165) is 39.7 Å². The lowest BCUT2D eigenvalue weighted by molar-refractivity contribution is -0.141. The fourth-order valence-electron chi connectivity index (χ4n) is 3.93. The first-order valence-electron chi connectivity index (χ1n) is 10.0. The molecule has 148 valence electrons. The van der Waals surface area contributed by atoms with E-state index in [4.69, 9.17) is 9.72 Å². The van der Waals surface area contributed by atoms with E-state index in [1.54, 1.807) is 0 Å². The Morgan fingerprint density at radius 1 is 0.900 bits per heavy atom. The van der Waals surface area contributed by atoms with E-state index in [-0.39, 0.29) is 12.5 Å². The number of pyridine rings is 1. The van der Waals surface area contributed by atoms with Gasteiger partial charge in [-0.05, 0) is 30.7 Å². The van der Waals surface area contributed by atoms with Gasteiger partial charge in [0.05, 0.1) is 18.0 Å². The number of imidazole rings is 1. The highest BCUT2D eigenvalue weighted by atomic mass is 16.5. The van der Waals surface area contributed by atoms with Crippen LogP contribution in [-0.4, -0.2) is 28.5 Å². The maximum Gasteiger partial charge on any atom is 0.326 e. The number of rotatable bonds is 5. The smallest absolute Gasteiger partial charge is 0.326 e. The van der Waals surface area contributed by atoms with Crippen LogP contribution in [-0.2, 0) is 9.53 Å². The fourth-order valence-corrected chi connectivity index (χ4v) is 3.93. The van der Waals surface area contributed by atoms with Crippen molar-refractivity contribution in [3.8, 4) is 11.3 Å². The number of nitrogens with zero attached hydrogens (tertiary/aromatic N) is 3. The Hall–Kier alpha value is -3.86. The van der Waals surface area contributed by atoms with Crippen molar-refractivity contribution in [3.05, 3.63) is 90.1 Å². The lowest BCUT2D eigenvalue weighted by Crippen LogP contribution is -2.32. The predicted octanol–water partition coefficient (Wildman–Crippen LogP) is 4.88. The molecule has 0 saturated carbocycles. The number of hydrogen-bond donors (Lipinski definition) is 0. The second-order valence-corrected chi connectivity index (χ2v) is 7.08. The Morgan fingerprint density at radius 2 is 1.60 bits per heavy atom. The van der Waals surface area contributed by atoms with Gasteiger partial charge in [0.25, 0.3) is 0 Å². The fraction of sp³-hybridized carbons (Fsp3) is 0.120. The molecule has 30 heavy (non-hydrogen) atoms. The summed E-state index contributed by atoms with van der Waals surface area (Å²) >= 11 is 0. The zero-order chi connectivity index (χ0) is 20.5. The molecule has 4 aromatic rings. The molecule has 0 radical (unpaired) electrons. The standard InChI is InChI=1S/C25H21N3O2/c1-2-30-23(29)17-27-21(18-10-5-3-6-11-18)16-20-14-9-15-22-26-24(25(27)28(20)22)19-12-7-4-8-13-19/h3-16H,2,17H2,1H3. The van der Waals surface area contributed by atoms with Gasteiger partial charge in [0, 0.05) is 5.56 Å². The average molecular weight is 395 g/mol. The van der Waals surface area contributed by atoms with Crippen LogP contribution in [0.25, 0.3) is 28.7 Å². The Bertz CT molecular complexity index is 1240. The van der Waals surface area contributed by atoms with Crippen LogP contribution in [0.2, 0.25) is 0 Å². The van der Waals surface area contributed by atoms with Crippen LogP contribution in [0.1, 0.15) is 18.2 Å². The minimum absolute atomic E-state index is 0.108. The van der Waals surface area contributed by atoms with Gasteiger partial charge in [0.1, 0.15) is 23.7 Å². The van der Waals surface area contributed by atoms with E-state index in [1.807, 2.05) is 72.5 Å². The molecule has 5 rings (SSSR count). The minimum atomic E-state index is -0.271. The molecule has 0 N–H and O–H groups in total. The van der Waals surface area contributed by atoms with Crippen LogP contribution >= 0.6 is 0 Å². The zero-order valence-electron chi connectivity index (χ0n) is 16.7. The Kier molecular flexibility index (Phi) is 4.56. The van der Waals surface area contributed by atoms with Gasteiger partial charge in [-0.3, -0.25) is 9.20 Å². The number of carbonyl (C=O) groups is 1. The Balaban J connectivity index is 1.76. The highest BCUT2D eigenvalue weighted by Crippen LogP contribution is 2.40. The first-order valence-corrected chi connectivity index (χ1v) is 10.0. The number of benzene rings is 2. The molecular weight excluding hydrogens is 374 g/mol. The molecule has 2 aromatic carbocycles. The molecule has 1 aliphatic rings. The normalized spacial score (nSPS) is 12.7. The van der Waals surface area contributed by atoms with Gasteiger partial charge < -0.3 is 9.64 Å². The number of ether oxygens (including phenoxy) is 1. The maximum absolute atomic E-state index is 12.6. The molecule has 5 heteroatoms. The minimum Gasteiger partial charge on any atom is -0.465 e. The summed E-state index contributed by atoms with van der Waals surface area (Å²) in [4.78, 5) is 19.5. The van der Waals surface area contributed by atoms with E-state index < -0.39 is 0 Å². The molecule has 3 heterocycles. The summed E-state index contributed by atoms with van der Waals surface area (Å²) in [6.07, 6.45) is 2.10. The highest BCUT2D eigenvalue weighted by Gasteiger charge is 2.29. The van der Waals surface area contributed by atoms with E-state index in [1.165, 1.54) is 0 Å². The molecule has 0 saturated heterocycles. The second-order valence-electron chi connectivity index (χ2n) is 7.08. The maximum atomic E-state index is 12.6. The Labute approximate surface area is 174 Å². The van der Waals surface area contributed by atoms with Crippen molar-refractivity contribution in [1.82, 2.24) is 9.38 Å². The van der Waals surface area contributed by atoms with E-state index in [0.29, 0.717) is 6.61 Å². The van der Waals surface area contributed by atoms with Crippen molar-refractivity contribution in [2.24, 2.45) is 0 Å². The van der Waals surface area contributed by atoms with Crippen molar-refractivity contribution >= 4 is 29.2 Å². The van der Waals surface area contributed by atoms with Crippen molar-refractivity contribution in [3.63, 3.8) is 0 Å². The predicted molar refractivity (Wildman–Crippen MR) is 119 cm³/mol. The third kappa shape index (κ3) is 3.05. The molecular formula is C25H21N3O2. The number of anilines is 1. The quantitative estimate of drug-likeness (QED) is 0.452. The van der Waals surface area contributed by atoms with E-state index in [9.17, 15) is 4.79 Å². The van der Waals surface area contributed by atoms with Crippen LogP contribution in [0, 0.1) is 0 Å². The van der Waals surface area contributed by atoms with E-state index in [2.05, 4.69) is 28.7 Å². The largest absolute Gasteiger partial charge is 0.465 e. The summed E-state index contributed by atoms with van der Waals surface area (Å²) in [5, 5.41) is 0. The Morgan fingerprint density at radius 3 is 2.30 bits per heavy atom. The van der Waals surface area contributed by atoms with Gasteiger partial charge in [-0.2, -0.15) is 0 Å². The number of esters is 1. The van der Waals surface area contributed by atoms with Crippen LogP contribution in [0.5, 0.6) is 0 Å². The van der Waals surface area contributed by atoms with Gasteiger partial charge in [0.15, 0.2) is 0 Å². The third-order valence-corrected chi connectivity index (χ3v) is 5.19. The lowest BCUT2D eigenvalue weighted by atomic mass is 10.1. The van der Waals surface area contributed by atoms with Crippen LogP contribution in [0.3, 0.4) is 0 Å². The highest BCUT2D eigenvalue weighted by molar-refractivity contribution is 5.99. The van der Waals surface area contributed by atoms with Crippen LogP contribution < -0.4 is 4.90 Å². The summed E-state index contributed by atoms with van der Waals surface area (Å²) in [6, 6.07) is 26.2. The summed E-state index contributed by atoms with van der Waals surface area (Å²) in [5.41, 5.74) is 5.69. The van der Waals surface area contributed by atoms with Crippen molar-refractivity contribution in [2.45, 2.75) is 6.92 Å². The molecule has 5 nitrogen and oxygen atoms in total. The molecule has 0 amide bonds. The number of carbonyl (C=O) groups excluding carboxylic acids is 1. The molecule has 0 aliphatic carbocycles. The third-order valence-electron chi connectivity index (χ3n) is 5.19. The van der Waals surface area contributed by atoms with E-state index >= 15 is 0 Å². The summed E-state index contributed by atoms with van der Waals surface area (Å²) in [5.74, 6) is 0.605. The molecule has 0 unspecified atom stereocenters. The van der Waals surface area contributed by atoms with Gasteiger partial charge in [-0.1, -0.05) is 66.7 Å².